The molecule has 1 amide bonds. The lowest BCUT2D eigenvalue weighted by Gasteiger charge is -2.37. The zero-order valence-corrected chi connectivity index (χ0v) is 22.8. The summed E-state index contributed by atoms with van der Waals surface area (Å²) in [6.45, 7) is 6.26. The number of ketones is 1. The highest BCUT2D eigenvalue weighted by Gasteiger charge is 2.66. The minimum Gasteiger partial charge on any atom is -0.393 e. The summed E-state index contributed by atoms with van der Waals surface area (Å²) in [6, 6.07) is 8.79. The Morgan fingerprint density at radius 1 is 1.19 bits per heavy atom. The molecule has 37 heavy (non-hydrogen) atoms. The third-order valence-corrected chi connectivity index (χ3v) is 8.82. The van der Waals surface area contributed by atoms with Crippen LogP contribution >= 0.6 is 23.2 Å². The molecule has 1 saturated carbocycles. The van der Waals surface area contributed by atoms with Crippen LogP contribution in [-0.4, -0.2) is 35.0 Å². The highest BCUT2D eigenvalue weighted by molar-refractivity contribution is 6.31. The van der Waals surface area contributed by atoms with Gasteiger partial charge in [-0.3, -0.25) is 9.59 Å². The molecular weight excluding hydrogens is 514 g/mol. The van der Waals surface area contributed by atoms with E-state index >= 15 is 4.39 Å². The summed E-state index contributed by atoms with van der Waals surface area (Å²) in [4.78, 5) is 28.1. The van der Waals surface area contributed by atoms with Crippen LogP contribution in [0.1, 0.15) is 69.9 Å². The Bertz CT molecular complexity index is 1250. The summed E-state index contributed by atoms with van der Waals surface area (Å²) >= 11 is 12.5. The van der Waals surface area contributed by atoms with Gasteiger partial charge in [-0.05, 0) is 66.3 Å². The molecule has 2 fully saturated rings. The first-order valence-corrected chi connectivity index (χ1v) is 13.7. The predicted molar refractivity (Wildman–Crippen MR) is 144 cm³/mol. The molecule has 0 unspecified atom stereocenters. The normalized spacial score (nSPS) is 31.1. The lowest BCUT2D eigenvalue weighted by atomic mass is 9.62. The molecule has 1 saturated heterocycles. The van der Waals surface area contributed by atoms with Gasteiger partial charge in [0.1, 0.15) is 11.2 Å². The van der Waals surface area contributed by atoms with Crippen LogP contribution in [0.5, 0.6) is 0 Å². The number of benzene rings is 2. The lowest BCUT2D eigenvalue weighted by Crippen LogP contribution is -2.49. The van der Waals surface area contributed by atoms with Gasteiger partial charge < -0.3 is 15.7 Å². The Morgan fingerprint density at radius 2 is 1.95 bits per heavy atom. The van der Waals surface area contributed by atoms with Crippen molar-refractivity contribution in [3.8, 4) is 0 Å². The maximum absolute atomic E-state index is 15.8. The molecule has 0 aromatic heterocycles. The minimum atomic E-state index is -1.24. The van der Waals surface area contributed by atoms with E-state index < -0.39 is 35.3 Å². The summed E-state index contributed by atoms with van der Waals surface area (Å²) in [5.41, 5.74) is 0.107. The van der Waals surface area contributed by atoms with Gasteiger partial charge in [-0.25, -0.2) is 4.39 Å². The second kappa shape index (κ2) is 9.64. The number of aliphatic hydroxyl groups is 1. The van der Waals surface area contributed by atoms with E-state index in [9.17, 15) is 14.7 Å². The molecule has 3 N–H and O–H groups in total. The number of anilines is 1. The minimum absolute atomic E-state index is 0.0493. The van der Waals surface area contributed by atoms with Gasteiger partial charge in [-0.1, -0.05) is 62.2 Å². The first-order valence-electron chi connectivity index (χ1n) is 12.9. The van der Waals surface area contributed by atoms with Gasteiger partial charge in [0.2, 0.25) is 5.91 Å². The van der Waals surface area contributed by atoms with Crippen LogP contribution in [0.3, 0.4) is 0 Å². The molecule has 6 atom stereocenters. The fourth-order valence-electron chi connectivity index (χ4n) is 6.85. The van der Waals surface area contributed by atoms with Crippen LogP contribution in [0.2, 0.25) is 10.0 Å². The lowest BCUT2D eigenvalue weighted by molar-refractivity contribution is -0.123. The van der Waals surface area contributed by atoms with Crippen molar-refractivity contribution in [2.24, 2.45) is 11.3 Å². The Kier molecular flexibility index (Phi) is 6.93. The number of Topliss-reactive ketones (excluding diaryl/α,β-unsaturated/α-hetero) is 1. The molecule has 0 radical (unpaired) electrons. The largest absolute Gasteiger partial charge is 0.393 e. The fourth-order valence-corrected chi connectivity index (χ4v) is 7.20. The summed E-state index contributed by atoms with van der Waals surface area (Å²) in [7, 11) is 0. The number of hydrogen-bond acceptors (Lipinski definition) is 4. The van der Waals surface area contributed by atoms with E-state index in [-0.39, 0.29) is 40.0 Å². The highest BCUT2D eigenvalue weighted by Crippen LogP contribution is 2.57. The van der Waals surface area contributed by atoms with Crippen molar-refractivity contribution < 1.29 is 19.1 Å². The van der Waals surface area contributed by atoms with Gasteiger partial charge in [0.05, 0.1) is 17.2 Å². The average molecular weight is 547 g/mol. The molecule has 5 nitrogen and oxygen atoms in total. The molecule has 2 aromatic rings. The van der Waals surface area contributed by atoms with E-state index in [4.69, 9.17) is 23.2 Å². The van der Waals surface area contributed by atoms with E-state index in [0.717, 1.165) is 6.42 Å². The molecule has 8 heteroatoms. The second-order valence-electron chi connectivity index (χ2n) is 12.1. The van der Waals surface area contributed by atoms with Crippen LogP contribution in [0.4, 0.5) is 10.1 Å². The Balaban J connectivity index is 1.70. The number of aliphatic hydroxyl groups excluding tert-OH is 1. The molecule has 2 aromatic carbocycles. The van der Waals surface area contributed by atoms with Gasteiger partial charge in [0.15, 0.2) is 5.78 Å². The maximum Gasteiger partial charge on any atom is 0.237 e. The van der Waals surface area contributed by atoms with E-state index in [0.29, 0.717) is 35.5 Å². The summed E-state index contributed by atoms with van der Waals surface area (Å²) < 4.78 is 15.8. The Labute approximate surface area is 227 Å². The first-order chi connectivity index (χ1) is 17.4. The number of amides is 1. The third kappa shape index (κ3) is 4.60. The fraction of sp³-hybridized carbons (Fsp3) is 0.517. The molecule has 5 rings (SSSR count). The van der Waals surface area contributed by atoms with Gasteiger partial charge in [0, 0.05) is 29.1 Å². The SMILES string of the molecule is CC(C)(C)C[C@H]1N[C@@H](C(=O)C[C@H]2CC[C@H](O)C2)[C@H](c2cccc(Cl)c2F)[C@@]12C(=O)Nc1cc(Cl)ccc12. The van der Waals surface area contributed by atoms with Crippen LogP contribution in [0.25, 0.3) is 0 Å². The standard InChI is InChI=1S/C29H33Cl2FN2O3/c1-28(2,3)14-23-29(19-10-8-16(30)13-21(19)33-27(29)37)24(18-5-4-6-20(31)25(18)32)26(34-23)22(36)12-15-7-9-17(35)11-15/h4-6,8,10,13,15,17,23-24,26,34-35H,7,9,11-12,14H2,1-3H3,(H,33,37)/t15-,17-,23+,24-,26-,29-/m0/s1. The van der Waals surface area contributed by atoms with Crippen molar-refractivity contribution in [3.05, 3.63) is 63.4 Å². The predicted octanol–water partition coefficient (Wildman–Crippen LogP) is 6.00. The van der Waals surface area contributed by atoms with Crippen LogP contribution in [0.15, 0.2) is 36.4 Å². The topological polar surface area (TPSA) is 78.4 Å². The monoisotopic (exact) mass is 546 g/mol. The van der Waals surface area contributed by atoms with Crippen LogP contribution in [0, 0.1) is 17.2 Å². The Hall–Kier alpha value is -1.99. The van der Waals surface area contributed by atoms with E-state index in [1.54, 1.807) is 24.3 Å². The third-order valence-electron chi connectivity index (χ3n) is 8.29. The van der Waals surface area contributed by atoms with Gasteiger partial charge in [-0.15, -0.1) is 0 Å². The van der Waals surface area contributed by atoms with Crippen molar-refractivity contribution in [2.75, 3.05) is 5.32 Å². The molecule has 1 aliphatic carbocycles. The summed E-state index contributed by atoms with van der Waals surface area (Å²) in [5.74, 6) is -1.72. The second-order valence-corrected chi connectivity index (χ2v) is 12.9. The molecule has 2 heterocycles. The van der Waals surface area contributed by atoms with Gasteiger partial charge >= 0.3 is 0 Å². The number of halogens is 3. The first kappa shape index (κ1) is 26.6. The number of hydrogen-bond donors (Lipinski definition) is 3. The zero-order chi connectivity index (χ0) is 26.7. The Morgan fingerprint density at radius 3 is 2.62 bits per heavy atom. The van der Waals surface area contributed by atoms with Gasteiger partial charge in [0.25, 0.3) is 0 Å². The quantitative estimate of drug-likeness (QED) is 0.429. The molecular formula is C29H33Cl2FN2O3. The molecule has 2 aliphatic heterocycles. The van der Waals surface area contributed by atoms with E-state index in [1.165, 1.54) is 6.07 Å². The summed E-state index contributed by atoms with van der Waals surface area (Å²) in [5, 5.41) is 17.0. The number of rotatable bonds is 5. The molecule has 0 bridgehead atoms. The van der Waals surface area contributed by atoms with Crippen molar-refractivity contribution in [1.29, 1.82) is 0 Å². The molecule has 3 aliphatic rings. The number of fused-ring (bicyclic) bond motifs is 2. The van der Waals surface area contributed by atoms with Crippen LogP contribution < -0.4 is 10.6 Å². The zero-order valence-electron chi connectivity index (χ0n) is 21.3. The van der Waals surface area contributed by atoms with Crippen LogP contribution in [-0.2, 0) is 15.0 Å². The molecule has 198 valence electrons. The molecule has 1 spiro atoms. The van der Waals surface area contributed by atoms with E-state index in [2.05, 4.69) is 31.4 Å². The smallest absolute Gasteiger partial charge is 0.237 e. The van der Waals surface area contributed by atoms with E-state index in [1.807, 2.05) is 6.07 Å². The van der Waals surface area contributed by atoms with Crippen molar-refractivity contribution >= 4 is 40.6 Å². The maximum atomic E-state index is 15.8. The summed E-state index contributed by atoms with van der Waals surface area (Å²) in [6.07, 6.45) is 2.47. The van der Waals surface area contributed by atoms with Crippen molar-refractivity contribution in [3.63, 3.8) is 0 Å². The number of carbonyl (C=O) groups is 2. The number of nitrogens with one attached hydrogen (secondary N) is 2. The number of carbonyl (C=O) groups excluding carboxylic acids is 2. The average Bonchev–Trinajstić information content (AvgIpc) is 3.44. The highest BCUT2D eigenvalue weighted by atomic mass is 35.5. The van der Waals surface area contributed by atoms with Crippen molar-refractivity contribution in [2.45, 2.75) is 82.4 Å². The van der Waals surface area contributed by atoms with Gasteiger partial charge in [-0.2, -0.15) is 0 Å². The van der Waals surface area contributed by atoms with Crippen molar-refractivity contribution in [1.82, 2.24) is 5.32 Å².